The van der Waals surface area contributed by atoms with Crippen LogP contribution in [0.4, 0.5) is 4.39 Å². The van der Waals surface area contributed by atoms with E-state index in [9.17, 15) is 4.39 Å². The number of aromatic amines is 1. The van der Waals surface area contributed by atoms with Gasteiger partial charge in [-0.05, 0) is 37.6 Å². The van der Waals surface area contributed by atoms with Gasteiger partial charge in [0, 0.05) is 37.9 Å². The summed E-state index contributed by atoms with van der Waals surface area (Å²) >= 11 is 0. The number of rotatable bonds is 9. The van der Waals surface area contributed by atoms with Crippen LogP contribution in [0.3, 0.4) is 0 Å². The lowest BCUT2D eigenvalue weighted by molar-refractivity contribution is 0.189. The lowest BCUT2D eigenvalue weighted by atomic mass is 10.1. The van der Waals surface area contributed by atoms with Crippen LogP contribution < -0.4 is 5.32 Å². The van der Waals surface area contributed by atoms with Gasteiger partial charge in [0.2, 0.25) is 0 Å². The van der Waals surface area contributed by atoms with Crippen LogP contribution in [0.25, 0.3) is 11.3 Å². The SMILES string of the molecule is COCCCn1cnnc1[C@H](C)NCc1cn[nH]c1-c1ccc(F)cc1. The molecule has 1 aromatic carbocycles. The maximum absolute atomic E-state index is 13.1. The van der Waals surface area contributed by atoms with Crippen LogP contribution in [0, 0.1) is 5.82 Å². The fraction of sp³-hybridized carbons (Fsp3) is 0.389. The van der Waals surface area contributed by atoms with Crippen LogP contribution in [-0.4, -0.2) is 38.7 Å². The molecule has 3 aromatic rings. The maximum atomic E-state index is 13.1. The molecule has 0 amide bonds. The molecule has 0 saturated carbocycles. The van der Waals surface area contributed by atoms with Gasteiger partial charge in [0.25, 0.3) is 0 Å². The Morgan fingerprint density at radius 1 is 1.31 bits per heavy atom. The van der Waals surface area contributed by atoms with Gasteiger partial charge in [-0.1, -0.05) is 0 Å². The standard InChI is InChI=1S/C18H23FN6O/c1-13(18-24-22-12-25(18)8-3-9-26-2)20-10-15-11-21-23-17(15)14-4-6-16(19)7-5-14/h4-7,11-13,20H,3,8-10H2,1-2H3,(H,21,23)/t13-/m0/s1. The van der Waals surface area contributed by atoms with Gasteiger partial charge >= 0.3 is 0 Å². The van der Waals surface area contributed by atoms with E-state index < -0.39 is 0 Å². The highest BCUT2D eigenvalue weighted by Crippen LogP contribution is 2.22. The van der Waals surface area contributed by atoms with Crippen molar-refractivity contribution in [3.8, 4) is 11.3 Å². The Morgan fingerprint density at radius 3 is 2.88 bits per heavy atom. The highest BCUT2D eigenvalue weighted by atomic mass is 19.1. The van der Waals surface area contributed by atoms with Crippen molar-refractivity contribution in [3.05, 3.63) is 54.0 Å². The van der Waals surface area contributed by atoms with E-state index in [-0.39, 0.29) is 11.9 Å². The number of hydrogen-bond acceptors (Lipinski definition) is 5. The second-order valence-electron chi connectivity index (χ2n) is 6.11. The monoisotopic (exact) mass is 358 g/mol. The van der Waals surface area contributed by atoms with Crippen molar-refractivity contribution in [1.82, 2.24) is 30.3 Å². The molecule has 1 atom stereocenters. The summed E-state index contributed by atoms with van der Waals surface area (Å²) in [7, 11) is 1.70. The second kappa shape index (κ2) is 8.68. The summed E-state index contributed by atoms with van der Waals surface area (Å²) < 4.78 is 20.3. The highest BCUT2D eigenvalue weighted by molar-refractivity contribution is 5.62. The fourth-order valence-electron chi connectivity index (χ4n) is 2.82. The van der Waals surface area contributed by atoms with E-state index in [1.165, 1.54) is 12.1 Å². The number of aryl methyl sites for hydroxylation is 1. The summed E-state index contributed by atoms with van der Waals surface area (Å²) in [5.41, 5.74) is 2.79. The van der Waals surface area contributed by atoms with Gasteiger partial charge in [-0.15, -0.1) is 10.2 Å². The van der Waals surface area contributed by atoms with E-state index >= 15 is 0 Å². The fourth-order valence-corrected chi connectivity index (χ4v) is 2.82. The van der Waals surface area contributed by atoms with Crippen LogP contribution in [-0.2, 0) is 17.8 Å². The van der Waals surface area contributed by atoms with E-state index in [1.807, 2.05) is 4.57 Å². The molecule has 2 aromatic heterocycles. The van der Waals surface area contributed by atoms with Crippen LogP contribution >= 0.6 is 0 Å². The number of H-pyrrole nitrogens is 1. The zero-order valence-corrected chi connectivity index (χ0v) is 14.9. The number of hydrogen-bond donors (Lipinski definition) is 2. The smallest absolute Gasteiger partial charge is 0.149 e. The molecule has 0 spiro atoms. The summed E-state index contributed by atoms with van der Waals surface area (Å²) in [6.45, 7) is 4.17. The van der Waals surface area contributed by atoms with Crippen LogP contribution in [0.1, 0.15) is 30.8 Å². The molecule has 0 unspecified atom stereocenters. The third kappa shape index (κ3) is 4.33. The van der Waals surface area contributed by atoms with E-state index in [1.54, 1.807) is 31.8 Å². The van der Waals surface area contributed by atoms with E-state index in [2.05, 4.69) is 32.6 Å². The molecule has 0 fully saturated rings. The van der Waals surface area contributed by atoms with Crippen LogP contribution in [0.2, 0.25) is 0 Å². The minimum absolute atomic E-state index is 0.0241. The van der Waals surface area contributed by atoms with Gasteiger partial charge in [-0.2, -0.15) is 5.10 Å². The first-order valence-electron chi connectivity index (χ1n) is 8.57. The number of methoxy groups -OCH3 is 1. The summed E-state index contributed by atoms with van der Waals surface area (Å²) in [5.74, 6) is 0.627. The van der Waals surface area contributed by atoms with Crippen molar-refractivity contribution >= 4 is 0 Å². The summed E-state index contributed by atoms with van der Waals surface area (Å²) in [5, 5.41) is 18.8. The van der Waals surface area contributed by atoms with Crippen molar-refractivity contribution in [3.63, 3.8) is 0 Å². The van der Waals surface area contributed by atoms with Crippen molar-refractivity contribution in [1.29, 1.82) is 0 Å². The van der Waals surface area contributed by atoms with Gasteiger partial charge < -0.3 is 14.6 Å². The number of benzene rings is 1. The molecule has 138 valence electrons. The minimum Gasteiger partial charge on any atom is -0.385 e. The van der Waals surface area contributed by atoms with Crippen molar-refractivity contribution in [2.45, 2.75) is 32.5 Å². The first kappa shape index (κ1) is 18.2. The first-order valence-corrected chi connectivity index (χ1v) is 8.57. The molecule has 0 bridgehead atoms. The van der Waals surface area contributed by atoms with Crippen LogP contribution in [0.5, 0.6) is 0 Å². The Kier molecular flexibility index (Phi) is 6.08. The van der Waals surface area contributed by atoms with E-state index in [4.69, 9.17) is 4.74 Å². The van der Waals surface area contributed by atoms with Gasteiger partial charge in [0.05, 0.1) is 17.9 Å². The minimum atomic E-state index is -0.255. The molecule has 26 heavy (non-hydrogen) atoms. The van der Waals surface area contributed by atoms with Gasteiger partial charge in [0.1, 0.15) is 18.0 Å². The zero-order valence-electron chi connectivity index (χ0n) is 14.9. The number of halogens is 1. The molecule has 8 heteroatoms. The average Bonchev–Trinajstić information content (AvgIpc) is 3.30. The van der Waals surface area contributed by atoms with E-state index in [0.717, 1.165) is 35.6 Å². The highest BCUT2D eigenvalue weighted by Gasteiger charge is 2.14. The van der Waals surface area contributed by atoms with Gasteiger partial charge in [-0.25, -0.2) is 4.39 Å². The zero-order chi connectivity index (χ0) is 18.4. The summed E-state index contributed by atoms with van der Waals surface area (Å²) in [6, 6.07) is 6.39. The third-order valence-electron chi connectivity index (χ3n) is 4.23. The Labute approximate surface area is 151 Å². The summed E-state index contributed by atoms with van der Waals surface area (Å²) in [6.07, 6.45) is 4.43. The molecule has 0 radical (unpaired) electrons. The molecule has 0 aliphatic carbocycles. The molecule has 3 rings (SSSR count). The predicted octanol–water partition coefficient (Wildman–Crippen LogP) is 2.69. The van der Waals surface area contributed by atoms with Gasteiger partial charge in [-0.3, -0.25) is 5.10 Å². The first-order chi connectivity index (χ1) is 12.7. The van der Waals surface area contributed by atoms with E-state index in [0.29, 0.717) is 13.2 Å². The molecule has 0 aliphatic rings. The van der Waals surface area contributed by atoms with Crippen LogP contribution in [0.15, 0.2) is 36.8 Å². The Bertz CT molecular complexity index is 813. The van der Waals surface area contributed by atoms with Crippen molar-refractivity contribution in [2.24, 2.45) is 0 Å². The Morgan fingerprint density at radius 2 is 2.12 bits per heavy atom. The molecular weight excluding hydrogens is 335 g/mol. The molecule has 7 nitrogen and oxygen atoms in total. The largest absolute Gasteiger partial charge is 0.385 e. The number of nitrogens with one attached hydrogen (secondary N) is 2. The number of aromatic nitrogens is 5. The molecule has 2 heterocycles. The lowest BCUT2D eigenvalue weighted by Gasteiger charge is -2.15. The maximum Gasteiger partial charge on any atom is 0.149 e. The third-order valence-corrected chi connectivity index (χ3v) is 4.23. The second-order valence-corrected chi connectivity index (χ2v) is 6.11. The lowest BCUT2D eigenvalue weighted by Crippen LogP contribution is -2.22. The topological polar surface area (TPSA) is 80.7 Å². The van der Waals surface area contributed by atoms with Gasteiger partial charge in [0.15, 0.2) is 0 Å². The van der Waals surface area contributed by atoms with Crippen molar-refractivity contribution < 1.29 is 9.13 Å². The summed E-state index contributed by atoms with van der Waals surface area (Å²) in [4.78, 5) is 0. The molecular formula is C18H23FN6O. The molecule has 0 aliphatic heterocycles. The number of ether oxygens (including phenoxy) is 1. The number of nitrogens with zero attached hydrogens (tertiary/aromatic N) is 4. The van der Waals surface area contributed by atoms with Crippen molar-refractivity contribution in [2.75, 3.05) is 13.7 Å². The Hall–Kier alpha value is -2.58. The average molecular weight is 358 g/mol. The normalized spacial score (nSPS) is 12.4. The predicted molar refractivity (Wildman–Crippen MR) is 95.8 cm³/mol. The molecule has 0 saturated heterocycles. The Balaban J connectivity index is 1.64. The molecule has 2 N–H and O–H groups in total. The quantitative estimate of drug-likeness (QED) is 0.575.